The van der Waals surface area contributed by atoms with E-state index in [9.17, 15) is 9.59 Å². The summed E-state index contributed by atoms with van der Waals surface area (Å²) in [6.45, 7) is 1.17. The van der Waals surface area contributed by atoms with Crippen molar-refractivity contribution >= 4 is 11.8 Å². The van der Waals surface area contributed by atoms with Crippen molar-refractivity contribution in [1.82, 2.24) is 15.2 Å². The van der Waals surface area contributed by atoms with Gasteiger partial charge in [-0.25, -0.2) is 0 Å². The second kappa shape index (κ2) is 10.0. The standard InChI is InChI=1S/C23H29N3O2/c1-26(16-13-18-11-14-24-15-12-18)23(28)21-9-7-19(8-10-21)17-25-22(27)20-5-3-2-4-6-20/h7-12,14-15,20H,2-6,13,16-17H2,1H3,(H,25,27). The van der Waals surface area contributed by atoms with Crippen LogP contribution in [0.1, 0.15) is 53.6 Å². The highest BCUT2D eigenvalue weighted by Crippen LogP contribution is 2.23. The molecule has 1 heterocycles. The number of benzene rings is 1. The van der Waals surface area contributed by atoms with Gasteiger partial charge in [-0.15, -0.1) is 0 Å². The second-order valence-electron chi connectivity index (χ2n) is 7.58. The summed E-state index contributed by atoms with van der Waals surface area (Å²) >= 11 is 0. The normalized spacial score (nSPS) is 14.5. The Hall–Kier alpha value is -2.69. The Bertz CT molecular complexity index is 768. The molecule has 0 spiro atoms. The number of hydrogen-bond donors (Lipinski definition) is 1. The Kier molecular flexibility index (Phi) is 7.18. The number of amides is 2. The zero-order chi connectivity index (χ0) is 19.8. The van der Waals surface area contributed by atoms with Gasteiger partial charge in [0.25, 0.3) is 5.91 Å². The lowest BCUT2D eigenvalue weighted by atomic mass is 9.88. The van der Waals surface area contributed by atoms with E-state index in [2.05, 4.69) is 10.3 Å². The number of nitrogens with one attached hydrogen (secondary N) is 1. The quantitative estimate of drug-likeness (QED) is 0.800. The van der Waals surface area contributed by atoms with Crippen LogP contribution in [0, 0.1) is 5.92 Å². The number of pyridine rings is 1. The first-order valence-electron chi connectivity index (χ1n) is 10.1. The molecule has 5 heteroatoms. The maximum Gasteiger partial charge on any atom is 0.253 e. The van der Waals surface area contributed by atoms with Gasteiger partial charge >= 0.3 is 0 Å². The third kappa shape index (κ3) is 5.65. The summed E-state index contributed by atoms with van der Waals surface area (Å²) in [4.78, 5) is 30.6. The fourth-order valence-corrected chi connectivity index (χ4v) is 3.63. The highest BCUT2D eigenvalue weighted by molar-refractivity contribution is 5.94. The molecule has 1 saturated carbocycles. The maximum atomic E-state index is 12.6. The highest BCUT2D eigenvalue weighted by Gasteiger charge is 2.20. The number of likely N-dealkylation sites (N-methyl/N-ethyl adjacent to an activating group) is 1. The van der Waals surface area contributed by atoms with Crippen molar-refractivity contribution in [2.24, 2.45) is 5.92 Å². The first-order valence-corrected chi connectivity index (χ1v) is 10.1. The number of aromatic nitrogens is 1. The minimum Gasteiger partial charge on any atom is -0.352 e. The average molecular weight is 380 g/mol. The minimum absolute atomic E-state index is 0.00634. The van der Waals surface area contributed by atoms with Crippen molar-refractivity contribution in [3.63, 3.8) is 0 Å². The van der Waals surface area contributed by atoms with E-state index in [1.165, 1.54) is 12.0 Å². The summed E-state index contributed by atoms with van der Waals surface area (Å²) in [5.41, 5.74) is 2.85. The Morgan fingerprint density at radius 3 is 2.36 bits per heavy atom. The van der Waals surface area contributed by atoms with Crippen molar-refractivity contribution in [2.75, 3.05) is 13.6 Å². The van der Waals surface area contributed by atoms with E-state index in [1.54, 1.807) is 17.3 Å². The van der Waals surface area contributed by atoms with E-state index in [1.807, 2.05) is 43.4 Å². The average Bonchev–Trinajstić information content (AvgIpc) is 2.77. The molecule has 0 radical (unpaired) electrons. The summed E-state index contributed by atoms with van der Waals surface area (Å²) in [6, 6.07) is 11.5. The molecule has 0 unspecified atom stereocenters. The van der Waals surface area contributed by atoms with E-state index in [0.29, 0.717) is 18.7 Å². The maximum absolute atomic E-state index is 12.6. The predicted molar refractivity (Wildman–Crippen MR) is 110 cm³/mol. The number of nitrogens with zero attached hydrogens (tertiary/aromatic N) is 2. The molecular formula is C23H29N3O2. The highest BCUT2D eigenvalue weighted by atomic mass is 16.2. The van der Waals surface area contributed by atoms with E-state index >= 15 is 0 Å². The van der Waals surface area contributed by atoms with Gasteiger partial charge in [0.05, 0.1) is 0 Å². The van der Waals surface area contributed by atoms with Crippen LogP contribution in [0.2, 0.25) is 0 Å². The van der Waals surface area contributed by atoms with Crippen LogP contribution in [0.5, 0.6) is 0 Å². The van der Waals surface area contributed by atoms with Gasteiger partial charge in [-0.1, -0.05) is 31.4 Å². The van der Waals surface area contributed by atoms with Crippen molar-refractivity contribution in [3.05, 3.63) is 65.5 Å². The zero-order valence-corrected chi connectivity index (χ0v) is 16.6. The van der Waals surface area contributed by atoms with E-state index in [4.69, 9.17) is 0 Å². The molecule has 1 aliphatic rings. The largest absolute Gasteiger partial charge is 0.352 e. The Morgan fingerprint density at radius 2 is 1.68 bits per heavy atom. The van der Waals surface area contributed by atoms with Crippen LogP contribution >= 0.6 is 0 Å². The van der Waals surface area contributed by atoms with Gasteiger partial charge in [-0.3, -0.25) is 14.6 Å². The van der Waals surface area contributed by atoms with Gasteiger partial charge in [-0.2, -0.15) is 0 Å². The molecule has 1 fully saturated rings. The van der Waals surface area contributed by atoms with Gasteiger partial charge in [0.1, 0.15) is 0 Å². The molecule has 2 amide bonds. The third-order valence-electron chi connectivity index (χ3n) is 5.48. The molecule has 0 atom stereocenters. The minimum atomic E-state index is 0.00634. The summed E-state index contributed by atoms with van der Waals surface area (Å²) in [6.07, 6.45) is 9.90. The lowest BCUT2D eigenvalue weighted by Gasteiger charge is -2.20. The van der Waals surface area contributed by atoms with Crippen LogP contribution in [-0.4, -0.2) is 35.3 Å². The second-order valence-corrected chi connectivity index (χ2v) is 7.58. The van der Waals surface area contributed by atoms with Gasteiger partial charge in [-0.05, 0) is 54.7 Å². The molecule has 28 heavy (non-hydrogen) atoms. The van der Waals surface area contributed by atoms with E-state index in [0.717, 1.165) is 37.7 Å². The number of rotatable bonds is 7. The zero-order valence-electron chi connectivity index (χ0n) is 16.6. The third-order valence-corrected chi connectivity index (χ3v) is 5.48. The monoisotopic (exact) mass is 379 g/mol. The molecule has 2 aromatic rings. The number of carbonyl (C=O) groups excluding carboxylic acids is 2. The molecule has 0 saturated heterocycles. The topological polar surface area (TPSA) is 62.3 Å². The molecule has 0 aliphatic heterocycles. The Morgan fingerprint density at radius 1 is 1.00 bits per heavy atom. The van der Waals surface area contributed by atoms with Crippen LogP contribution in [0.3, 0.4) is 0 Å². The molecule has 3 rings (SSSR count). The summed E-state index contributed by atoms with van der Waals surface area (Å²) < 4.78 is 0. The number of hydrogen-bond acceptors (Lipinski definition) is 3. The van der Waals surface area contributed by atoms with Gasteiger partial charge in [0.2, 0.25) is 5.91 Å². The van der Waals surface area contributed by atoms with Crippen LogP contribution in [0.4, 0.5) is 0 Å². The molecular weight excluding hydrogens is 350 g/mol. The summed E-state index contributed by atoms with van der Waals surface area (Å²) in [5, 5.41) is 3.04. The van der Waals surface area contributed by atoms with Crippen molar-refractivity contribution in [2.45, 2.75) is 45.1 Å². The van der Waals surface area contributed by atoms with Crippen LogP contribution < -0.4 is 5.32 Å². The smallest absolute Gasteiger partial charge is 0.253 e. The van der Waals surface area contributed by atoms with Gasteiger partial charge < -0.3 is 10.2 Å². The fraction of sp³-hybridized carbons (Fsp3) is 0.435. The molecule has 1 N–H and O–H groups in total. The van der Waals surface area contributed by atoms with Crippen molar-refractivity contribution in [3.8, 4) is 0 Å². The molecule has 5 nitrogen and oxygen atoms in total. The summed E-state index contributed by atoms with van der Waals surface area (Å²) in [5.74, 6) is 0.339. The van der Waals surface area contributed by atoms with Crippen molar-refractivity contribution < 1.29 is 9.59 Å². The van der Waals surface area contributed by atoms with E-state index < -0.39 is 0 Å². The molecule has 1 aliphatic carbocycles. The molecule has 0 bridgehead atoms. The van der Waals surface area contributed by atoms with Crippen LogP contribution in [0.25, 0.3) is 0 Å². The predicted octanol–water partition coefficient (Wildman–Crippen LogP) is 3.59. The number of carbonyl (C=O) groups is 2. The van der Waals surface area contributed by atoms with E-state index in [-0.39, 0.29) is 17.7 Å². The molecule has 148 valence electrons. The van der Waals surface area contributed by atoms with Gasteiger partial charge in [0.15, 0.2) is 0 Å². The first-order chi connectivity index (χ1) is 13.6. The molecule has 1 aromatic carbocycles. The summed E-state index contributed by atoms with van der Waals surface area (Å²) in [7, 11) is 1.82. The van der Waals surface area contributed by atoms with Crippen LogP contribution in [0.15, 0.2) is 48.8 Å². The van der Waals surface area contributed by atoms with Crippen molar-refractivity contribution in [1.29, 1.82) is 0 Å². The van der Waals surface area contributed by atoms with Crippen LogP contribution in [-0.2, 0) is 17.8 Å². The fourth-order valence-electron chi connectivity index (χ4n) is 3.63. The Labute approximate surface area is 167 Å². The lowest BCUT2D eigenvalue weighted by molar-refractivity contribution is -0.126. The Balaban J connectivity index is 1.47. The molecule has 1 aromatic heterocycles. The first kappa shape index (κ1) is 20.1. The SMILES string of the molecule is CN(CCc1ccncc1)C(=O)c1ccc(CNC(=O)C2CCCCC2)cc1. The lowest BCUT2D eigenvalue weighted by Crippen LogP contribution is -2.31. The van der Waals surface area contributed by atoms with Gasteiger partial charge in [0, 0.05) is 44.0 Å².